The zero-order valence-corrected chi connectivity index (χ0v) is 7.94. The fraction of sp³-hybridized carbons (Fsp3) is 0.300. The molecule has 0 N–H and O–H groups in total. The van der Waals surface area contributed by atoms with Crippen molar-refractivity contribution >= 4 is 19.3 Å². The SMILES string of the molecule is CC=Pc1ccc(CC)cc1. The minimum atomic E-state index is 1.13. The zero-order valence-electron chi connectivity index (χ0n) is 7.04. The van der Waals surface area contributed by atoms with Crippen molar-refractivity contribution < 1.29 is 0 Å². The Morgan fingerprint density at radius 1 is 1.27 bits per heavy atom. The minimum absolute atomic E-state index is 1.13. The third kappa shape index (κ3) is 2.48. The summed E-state index contributed by atoms with van der Waals surface area (Å²) in [6.45, 7) is 4.26. The van der Waals surface area contributed by atoms with Gasteiger partial charge in [0, 0.05) is 5.30 Å². The molecule has 0 spiro atoms. The first-order chi connectivity index (χ1) is 5.36. The summed E-state index contributed by atoms with van der Waals surface area (Å²) in [4.78, 5) is 0. The number of rotatable bonds is 2. The van der Waals surface area contributed by atoms with Gasteiger partial charge in [0.25, 0.3) is 0 Å². The van der Waals surface area contributed by atoms with Crippen LogP contribution in [0.25, 0.3) is 0 Å². The van der Waals surface area contributed by atoms with Crippen LogP contribution in [0.4, 0.5) is 0 Å². The van der Waals surface area contributed by atoms with Crippen LogP contribution in [0, 0.1) is 0 Å². The molecule has 0 aliphatic heterocycles. The summed E-state index contributed by atoms with van der Waals surface area (Å²) in [6.07, 6.45) is 1.13. The van der Waals surface area contributed by atoms with Crippen molar-refractivity contribution in [3.05, 3.63) is 29.8 Å². The second-order valence-corrected chi connectivity index (χ2v) is 3.70. The van der Waals surface area contributed by atoms with Crippen molar-refractivity contribution in [3.63, 3.8) is 0 Å². The molecule has 0 heterocycles. The van der Waals surface area contributed by atoms with Crippen LogP contribution in [0.2, 0.25) is 0 Å². The summed E-state index contributed by atoms with van der Waals surface area (Å²) in [5, 5.41) is 1.38. The third-order valence-corrected chi connectivity index (χ3v) is 2.48. The molecular formula is C10H13P. The van der Waals surface area contributed by atoms with Gasteiger partial charge in [-0.1, -0.05) is 45.2 Å². The highest BCUT2D eigenvalue weighted by atomic mass is 31.1. The van der Waals surface area contributed by atoms with E-state index in [0.717, 1.165) is 6.42 Å². The fourth-order valence-electron chi connectivity index (χ4n) is 0.967. The molecule has 1 heteroatoms. The second kappa shape index (κ2) is 4.31. The van der Waals surface area contributed by atoms with Crippen LogP contribution < -0.4 is 5.30 Å². The van der Waals surface area contributed by atoms with E-state index in [4.69, 9.17) is 0 Å². The van der Waals surface area contributed by atoms with E-state index >= 15 is 0 Å². The van der Waals surface area contributed by atoms with E-state index in [0.29, 0.717) is 0 Å². The third-order valence-electron chi connectivity index (χ3n) is 1.62. The first-order valence-electron chi connectivity index (χ1n) is 3.94. The summed E-state index contributed by atoms with van der Waals surface area (Å²) in [5.74, 6) is 2.15. The summed E-state index contributed by atoms with van der Waals surface area (Å²) < 4.78 is 0. The number of hydrogen-bond acceptors (Lipinski definition) is 0. The topological polar surface area (TPSA) is 0 Å². The average molecular weight is 164 g/mol. The van der Waals surface area contributed by atoms with Crippen LogP contribution >= 0.6 is 8.20 Å². The maximum absolute atomic E-state index is 2.20. The Kier molecular flexibility index (Phi) is 3.32. The molecule has 0 aliphatic rings. The van der Waals surface area contributed by atoms with Gasteiger partial charge in [-0.3, -0.25) is 0 Å². The van der Waals surface area contributed by atoms with E-state index in [-0.39, 0.29) is 0 Å². The normalized spacial score (nSPS) is 10.7. The summed E-state index contributed by atoms with van der Waals surface area (Å²) in [6, 6.07) is 8.79. The molecule has 0 aliphatic carbocycles. The minimum Gasteiger partial charge on any atom is -0.0732 e. The van der Waals surface area contributed by atoms with E-state index in [1.54, 1.807) is 0 Å². The van der Waals surface area contributed by atoms with Crippen molar-refractivity contribution in [3.8, 4) is 0 Å². The maximum Gasteiger partial charge on any atom is 0.00147 e. The van der Waals surface area contributed by atoms with Gasteiger partial charge in [0.05, 0.1) is 0 Å². The molecule has 0 amide bonds. The quantitative estimate of drug-likeness (QED) is 0.589. The molecule has 0 saturated carbocycles. The molecule has 0 fully saturated rings. The molecule has 0 bridgehead atoms. The molecule has 1 rings (SSSR count). The van der Waals surface area contributed by atoms with Crippen LogP contribution in [-0.2, 0) is 6.42 Å². The van der Waals surface area contributed by atoms with Gasteiger partial charge in [-0.25, -0.2) is 0 Å². The lowest BCUT2D eigenvalue weighted by molar-refractivity contribution is 1.14. The predicted octanol–water partition coefficient (Wildman–Crippen LogP) is 2.64. The van der Waals surface area contributed by atoms with Crippen LogP contribution in [0.15, 0.2) is 24.3 Å². The Labute approximate surface area is 70.1 Å². The predicted molar refractivity (Wildman–Crippen MR) is 54.1 cm³/mol. The molecule has 0 aromatic heterocycles. The molecule has 1 aromatic carbocycles. The average Bonchev–Trinajstić information content (AvgIpc) is 2.07. The highest BCUT2D eigenvalue weighted by Gasteiger charge is 1.87. The Bertz CT molecular complexity index is 234. The van der Waals surface area contributed by atoms with Gasteiger partial charge in [-0.15, -0.1) is 0 Å². The van der Waals surface area contributed by atoms with E-state index in [1.807, 2.05) is 0 Å². The van der Waals surface area contributed by atoms with Gasteiger partial charge in [-0.05, 0) is 18.9 Å². The summed E-state index contributed by atoms with van der Waals surface area (Å²) in [5.41, 5.74) is 1.42. The van der Waals surface area contributed by atoms with Gasteiger partial charge >= 0.3 is 0 Å². The molecule has 0 radical (unpaired) electrons. The van der Waals surface area contributed by atoms with E-state index in [2.05, 4.69) is 43.9 Å². The Morgan fingerprint density at radius 2 is 1.91 bits per heavy atom. The maximum atomic E-state index is 2.20. The first kappa shape index (κ1) is 8.49. The zero-order chi connectivity index (χ0) is 8.10. The smallest absolute Gasteiger partial charge is 0.00147 e. The first-order valence-corrected chi connectivity index (χ1v) is 4.90. The molecule has 1 aromatic rings. The highest BCUT2D eigenvalue weighted by Crippen LogP contribution is 2.01. The molecule has 0 saturated heterocycles. The molecule has 0 nitrogen and oxygen atoms in total. The molecule has 58 valence electrons. The van der Waals surface area contributed by atoms with E-state index in [9.17, 15) is 0 Å². The molecular weight excluding hydrogens is 151 g/mol. The Hall–Kier alpha value is -0.610. The molecule has 0 atom stereocenters. The fourth-order valence-corrected chi connectivity index (χ4v) is 1.59. The van der Waals surface area contributed by atoms with Crippen LogP contribution in [-0.4, -0.2) is 5.80 Å². The van der Waals surface area contributed by atoms with Gasteiger partial charge in [0.15, 0.2) is 0 Å². The Morgan fingerprint density at radius 3 is 2.36 bits per heavy atom. The van der Waals surface area contributed by atoms with Crippen LogP contribution in [0.1, 0.15) is 19.4 Å². The standard InChI is InChI=1S/C10H13P/c1-3-9-5-7-10(8-6-9)11-4-2/h4-8H,3H2,1-2H3. The number of aryl methyl sites for hydroxylation is 1. The number of hydrogen-bond donors (Lipinski definition) is 0. The second-order valence-electron chi connectivity index (χ2n) is 2.41. The van der Waals surface area contributed by atoms with E-state index in [1.165, 1.54) is 19.1 Å². The lowest BCUT2D eigenvalue weighted by Gasteiger charge is -1.95. The molecule has 0 unspecified atom stereocenters. The van der Waals surface area contributed by atoms with Crippen LogP contribution in [0.3, 0.4) is 0 Å². The lowest BCUT2D eigenvalue weighted by atomic mass is 10.2. The monoisotopic (exact) mass is 164 g/mol. The van der Waals surface area contributed by atoms with Crippen molar-refractivity contribution in [2.75, 3.05) is 0 Å². The van der Waals surface area contributed by atoms with Gasteiger partial charge in [0.2, 0.25) is 0 Å². The van der Waals surface area contributed by atoms with Crippen molar-refractivity contribution in [2.24, 2.45) is 0 Å². The van der Waals surface area contributed by atoms with Crippen molar-refractivity contribution in [1.29, 1.82) is 0 Å². The van der Waals surface area contributed by atoms with Gasteiger partial charge < -0.3 is 0 Å². The highest BCUT2D eigenvalue weighted by molar-refractivity contribution is 7.47. The summed E-state index contributed by atoms with van der Waals surface area (Å²) in [7, 11) is 1.31. The van der Waals surface area contributed by atoms with Gasteiger partial charge in [0.1, 0.15) is 0 Å². The van der Waals surface area contributed by atoms with Crippen LogP contribution in [0.5, 0.6) is 0 Å². The van der Waals surface area contributed by atoms with E-state index < -0.39 is 0 Å². The van der Waals surface area contributed by atoms with Crippen molar-refractivity contribution in [1.82, 2.24) is 0 Å². The van der Waals surface area contributed by atoms with Crippen molar-refractivity contribution in [2.45, 2.75) is 20.3 Å². The lowest BCUT2D eigenvalue weighted by Crippen LogP contribution is -1.91. The Balaban J connectivity index is 2.82. The van der Waals surface area contributed by atoms with Gasteiger partial charge in [-0.2, -0.15) is 0 Å². The summed E-state index contributed by atoms with van der Waals surface area (Å²) >= 11 is 0. The largest absolute Gasteiger partial charge is 0.0732 e. The number of benzene rings is 1. The molecule has 11 heavy (non-hydrogen) atoms.